The highest BCUT2D eigenvalue weighted by molar-refractivity contribution is 5.91. The van der Waals surface area contributed by atoms with E-state index in [1.54, 1.807) is 32.0 Å². The summed E-state index contributed by atoms with van der Waals surface area (Å²) < 4.78 is 14.8. The minimum Gasteiger partial charge on any atom is -0.326 e. The third kappa shape index (κ3) is 4.43. The van der Waals surface area contributed by atoms with Gasteiger partial charge in [0.25, 0.3) is 5.56 Å². The zero-order valence-electron chi connectivity index (χ0n) is 15.9. The average molecular weight is 380 g/mol. The fourth-order valence-corrected chi connectivity index (χ4v) is 2.77. The Morgan fingerprint density at radius 2 is 1.82 bits per heavy atom. The number of halogens is 1. The fourth-order valence-electron chi connectivity index (χ4n) is 2.77. The molecule has 0 bridgehead atoms. The van der Waals surface area contributed by atoms with Crippen molar-refractivity contribution in [2.45, 2.75) is 27.3 Å². The maximum Gasteiger partial charge on any atom is 0.255 e. The summed E-state index contributed by atoms with van der Waals surface area (Å²) in [6, 6.07) is 13.3. The molecule has 28 heavy (non-hydrogen) atoms. The van der Waals surface area contributed by atoms with Crippen LogP contribution >= 0.6 is 0 Å². The van der Waals surface area contributed by atoms with Crippen molar-refractivity contribution in [2.75, 3.05) is 10.6 Å². The van der Waals surface area contributed by atoms with Crippen molar-refractivity contribution in [3.8, 4) is 0 Å². The van der Waals surface area contributed by atoms with Crippen molar-refractivity contribution in [1.29, 1.82) is 0 Å². The molecule has 0 aliphatic rings. The molecule has 0 atom stereocenters. The number of para-hydroxylation sites is 1. The van der Waals surface area contributed by atoms with Crippen molar-refractivity contribution in [2.24, 2.45) is 0 Å². The predicted octanol–water partition coefficient (Wildman–Crippen LogP) is 3.69. The third-order valence-corrected chi connectivity index (χ3v) is 4.27. The van der Waals surface area contributed by atoms with Crippen molar-refractivity contribution < 1.29 is 9.18 Å². The van der Waals surface area contributed by atoms with Crippen LogP contribution in [-0.2, 0) is 11.3 Å². The minimum atomic E-state index is -0.353. The summed E-state index contributed by atoms with van der Waals surface area (Å²) in [7, 11) is 0. The Labute approximate surface area is 162 Å². The first-order valence-electron chi connectivity index (χ1n) is 8.80. The number of aromatic nitrogens is 2. The van der Waals surface area contributed by atoms with E-state index in [2.05, 4.69) is 15.6 Å². The largest absolute Gasteiger partial charge is 0.326 e. The summed E-state index contributed by atoms with van der Waals surface area (Å²) >= 11 is 0. The Morgan fingerprint density at radius 1 is 1.07 bits per heavy atom. The Morgan fingerprint density at radius 3 is 2.54 bits per heavy atom. The van der Waals surface area contributed by atoms with Gasteiger partial charge >= 0.3 is 0 Å². The van der Waals surface area contributed by atoms with Crippen LogP contribution in [0, 0.1) is 26.6 Å². The molecule has 0 saturated heterocycles. The highest BCUT2D eigenvalue weighted by Gasteiger charge is 2.13. The molecule has 2 N–H and O–H groups in total. The highest BCUT2D eigenvalue weighted by atomic mass is 19.1. The maximum atomic E-state index is 13.5. The van der Waals surface area contributed by atoms with Crippen LogP contribution < -0.4 is 16.2 Å². The van der Waals surface area contributed by atoms with Gasteiger partial charge in [0.1, 0.15) is 12.4 Å². The van der Waals surface area contributed by atoms with Gasteiger partial charge in [0.05, 0.1) is 0 Å². The van der Waals surface area contributed by atoms with Crippen LogP contribution in [0.3, 0.4) is 0 Å². The molecule has 144 valence electrons. The van der Waals surface area contributed by atoms with Gasteiger partial charge in [-0.05, 0) is 56.2 Å². The lowest BCUT2D eigenvalue weighted by molar-refractivity contribution is -0.116. The van der Waals surface area contributed by atoms with E-state index in [0.717, 1.165) is 5.56 Å². The highest BCUT2D eigenvalue weighted by Crippen LogP contribution is 2.18. The molecule has 1 aromatic heterocycles. The fraction of sp³-hybridized carbons (Fsp3) is 0.190. The van der Waals surface area contributed by atoms with Gasteiger partial charge in [-0.3, -0.25) is 14.2 Å². The second-order valence-corrected chi connectivity index (χ2v) is 6.60. The summed E-state index contributed by atoms with van der Waals surface area (Å²) in [4.78, 5) is 29.3. The van der Waals surface area contributed by atoms with Gasteiger partial charge in [-0.25, -0.2) is 9.37 Å². The molecule has 2 aromatic carbocycles. The van der Waals surface area contributed by atoms with Crippen LogP contribution in [0.25, 0.3) is 0 Å². The second kappa shape index (κ2) is 8.04. The summed E-state index contributed by atoms with van der Waals surface area (Å²) in [6.07, 6.45) is 0. The van der Waals surface area contributed by atoms with Crippen LogP contribution in [0.5, 0.6) is 0 Å². The second-order valence-electron chi connectivity index (χ2n) is 6.60. The number of aryl methyl sites for hydroxylation is 3. The molecular formula is C21H21FN4O2. The molecule has 0 fully saturated rings. The topological polar surface area (TPSA) is 76.0 Å². The molecule has 7 heteroatoms. The summed E-state index contributed by atoms with van der Waals surface area (Å²) in [6.45, 7) is 5.02. The van der Waals surface area contributed by atoms with E-state index in [1.165, 1.54) is 16.7 Å². The number of hydrogen-bond donors (Lipinski definition) is 2. The lowest BCUT2D eigenvalue weighted by atomic mass is 10.2. The minimum absolute atomic E-state index is 0.205. The number of carbonyl (C=O) groups is 1. The lowest BCUT2D eigenvalue weighted by Gasteiger charge is -2.15. The number of amides is 1. The van der Waals surface area contributed by atoms with Crippen molar-refractivity contribution in [3.05, 3.63) is 81.5 Å². The first-order valence-corrected chi connectivity index (χ1v) is 8.80. The van der Waals surface area contributed by atoms with Gasteiger partial charge in [-0.15, -0.1) is 0 Å². The SMILES string of the molecule is Cc1cc(=O)n(CC(=O)Nc2ccccc2C)c(Nc2ccc(F)c(C)c2)n1. The van der Waals surface area contributed by atoms with Crippen molar-refractivity contribution >= 4 is 23.2 Å². The van der Waals surface area contributed by atoms with E-state index >= 15 is 0 Å². The molecule has 0 spiro atoms. The predicted molar refractivity (Wildman–Crippen MR) is 107 cm³/mol. The Hall–Kier alpha value is -3.48. The molecule has 0 radical (unpaired) electrons. The molecule has 1 amide bonds. The van der Waals surface area contributed by atoms with E-state index in [-0.39, 0.29) is 29.8 Å². The number of rotatable bonds is 5. The monoisotopic (exact) mass is 380 g/mol. The van der Waals surface area contributed by atoms with Crippen LogP contribution in [0.4, 0.5) is 21.7 Å². The lowest BCUT2D eigenvalue weighted by Crippen LogP contribution is -2.30. The third-order valence-electron chi connectivity index (χ3n) is 4.27. The van der Waals surface area contributed by atoms with Gasteiger partial charge in [-0.2, -0.15) is 0 Å². The first-order chi connectivity index (χ1) is 13.3. The van der Waals surface area contributed by atoms with E-state index in [1.807, 2.05) is 25.1 Å². The summed E-state index contributed by atoms with van der Waals surface area (Å²) in [5.74, 6) is -0.450. The standard InChI is InChI=1S/C21H21FN4O2/c1-13-6-4-5-7-18(13)25-19(27)12-26-20(28)11-15(3)23-21(26)24-16-8-9-17(22)14(2)10-16/h4-11H,12H2,1-3H3,(H,23,24)(H,25,27). The van der Waals surface area contributed by atoms with Gasteiger partial charge < -0.3 is 10.6 Å². The van der Waals surface area contributed by atoms with E-state index < -0.39 is 0 Å². The average Bonchev–Trinajstić information content (AvgIpc) is 2.63. The smallest absolute Gasteiger partial charge is 0.255 e. The Bertz CT molecular complexity index is 1090. The molecule has 3 aromatic rings. The quantitative estimate of drug-likeness (QED) is 0.708. The van der Waals surface area contributed by atoms with Crippen molar-refractivity contribution in [3.63, 3.8) is 0 Å². The number of nitrogens with one attached hydrogen (secondary N) is 2. The number of benzene rings is 2. The van der Waals surface area contributed by atoms with Gasteiger partial charge in [0.2, 0.25) is 11.9 Å². The molecule has 6 nitrogen and oxygen atoms in total. The normalized spacial score (nSPS) is 10.6. The Balaban J connectivity index is 1.88. The first kappa shape index (κ1) is 19.3. The van der Waals surface area contributed by atoms with Gasteiger partial charge in [0.15, 0.2) is 0 Å². The van der Waals surface area contributed by atoms with E-state index in [4.69, 9.17) is 0 Å². The van der Waals surface area contributed by atoms with Crippen LogP contribution in [0.1, 0.15) is 16.8 Å². The van der Waals surface area contributed by atoms with Gasteiger partial charge in [0, 0.05) is 23.1 Å². The van der Waals surface area contributed by atoms with Crippen LogP contribution in [0.2, 0.25) is 0 Å². The van der Waals surface area contributed by atoms with Crippen molar-refractivity contribution in [1.82, 2.24) is 9.55 Å². The molecular weight excluding hydrogens is 359 g/mol. The molecule has 1 heterocycles. The number of anilines is 3. The number of nitrogens with zero attached hydrogens (tertiary/aromatic N) is 2. The molecule has 0 aliphatic carbocycles. The number of hydrogen-bond acceptors (Lipinski definition) is 4. The van der Waals surface area contributed by atoms with Crippen LogP contribution in [0.15, 0.2) is 53.3 Å². The van der Waals surface area contributed by atoms with E-state index in [9.17, 15) is 14.0 Å². The zero-order valence-corrected chi connectivity index (χ0v) is 15.9. The molecule has 0 aliphatic heterocycles. The number of carbonyl (C=O) groups excluding carboxylic acids is 1. The molecule has 0 unspecified atom stereocenters. The maximum absolute atomic E-state index is 13.5. The van der Waals surface area contributed by atoms with Crippen LogP contribution in [-0.4, -0.2) is 15.5 Å². The molecule has 3 rings (SSSR count). The zero-order chi connectivity index (χ0) is 20.3. The summed E-state index contributed by atoms with van der Waals surface area (Å²) in [5, 5.41) is 5.81. The molecule has 0 saturated carbocycles. The van der Waals surface area contributed by atoms with Gasteiger partial charge in [-0.1, -0.05) is 18.2 Å². The van der Waals surface area contributed by atoms with E-state index in [0.29, 0.717) is 22.6 Å². The Kier molecular flexibility index (Phi) is 5.54. The summed E-state index contributed by atoms with van der Waals surface area (Å²) in [5.41, 5.74) is 2.80.